The first kappa shape index (κ1) is 16.1. The van der Waals surface area contributed by atoms with Gasteiger partial charge in [0.15, 0.2) is 0 Å². The van der Waals surface area contributed by atoms with E-state index in [-0.39, 0.29) is 16.6 Å². The molecule has 0 bridgehead atoms. The topological polar surface area (TPSA) is 85.1 Å². The molecule has 9 heteroatoms. The van der Waals surface area contributed by atoms with Crippen LogP contribution in [0, 0.1) is 6.92 Å². The summed E-state index contributed by atoms with van der Waals surface area (Å²) in [5.74, 6) is 0.537. The molecular weight excluding hydrogens is 358 g/mol. The van der Waals surface area contributed by atoms with Crippen molar-refractivity contribution in [2.24, 2.45) is 0 Å². The fraction of sp³-hybridized carbons (Fsp3) is 0.143. The Morgan fingerprint density at radius 3 is 2.78 bits per heavy atom. The number of hydrogen-bond donors (Lipinski definition) is 1. The van der Waals surface area contributed by atoms with Crippen LogP contribution in [0.5, 0.6) is 0 Å². The first-order chi connectivity index (χ1) is 10.9. The Morgan fingerprint density at radius 2 is 2.09 bits per heavy atom. The van der Waals surface area contributed by atoms with Gasteiger partial charge in [0.2, 0.25) is 11.8 Å². The molecule has 0 fully saturated rings. The molecule has 120 valence electrons. The first-order valence-corrected chi connectivity index (χ1v) is 9.26. The highest BCUT2D eigenvalue weighted by Crippen LogP contribution is 2.25. The number of hydrogen-bond acceptors (Lipinski definition) is 6. The van der Waals surface area contributed by atoms with Gasteiger partial charge in [0, 0.05) is 5.56 Å². The van der Waals surface area contributed by atoms with Crippen molar-refractivity contribution >= 4 is 33.0 Å². The van der Waals surface area contributed by atoms with Gasteiger partial charge >= 0.3 is 0 Å². The quantitative estimate of drug-likeness (QED) is 0.746. The molecule has 0 saturated heterocycles. The molecule has 2 aromatic heterocycles. The fourth-order valence-electron chi connectivity index (χ4n) is 1.89. The molecule has 0 aliphatic heterocycles. The molecule has 0 saturated carbocycles. The summed E-state index contributed by atoms with van der Waals surface area (Å²) in [4.78, 5) is 0. The van der Waals surface area contributed by atoms with Gasteiger partial charge in [-0.2, -0.15) is 0 Å². The van der Waals surface area contributed by atoms with Gasteiger partial charge in [-0.15, -0.1) is 21.5 Å². The lowest BCUT2D eigenvalue weighted by Crippen LogP contribution is -2.22. The Morgan fingerprint density at radius 1 is 1.26 bits per heavy atom. The maximum Gasteiger partial charge on any atom is 0.250 e. The minimum atomic E-state index is -3.64. The van der Waals surface area contributed by atoms with Crippen molar-refractivity contribution in [1.29, 1.82) is 0 Å². The van der Waals surface area contributed by atoms with E-state index in [0.29, 0.717) is 10.2 Å². The highest BCUT2D eigenvalue weighted by atomic mass is 35.5. The zero-order valence-corrected chi connectivity index (χ0v) is 14.4. The highest BCUT2D eigenvalue weighted by Gasteiger charge is 2.18. The van der Waals surface area contributed by atoms with Crippen LogP contribution in [0.2, 0.25) is 4.34 Å². The van der Waals surface area contributed by atoms with E-state index >= 15 is 0 Å². The van der Waals surface area contributed by atoms with Crippen LogP contribution in [0.3, 0.4) is 0 Å². The van der Waals surface area contributed by atoms with E-state index in [9.17, 15) is 8.42 Å². The molecule has 23 heavy (non-hydrogen) atoms. The van der Waals surface area contributed by atoms with Gasteiger partial charge in [-0.05, 0) is 31.2 Å². The van der Waals surface area contributed by atoms with E-state index in [2.05, 4.69) is 14.9 Å². The lowest BCUT2D eigenvalue weighted by atomic mass is 10.1. The lowest BCUT2D eigenvalue weighted by Gasteiger charge is -2.01. The van der Waals surface area contributed by atoms with Gasteiger partial charge in [-0.1, -0.05) is 29.3 Å². The number of thiophene rings is 1. The van der Waals surface area contributed by atoms with Crippen molar-refractivity contribution < 1.29 is 12.8 Å². The van der Waals surface area contributed by atoms with Crippen molar-refractivity contribution in [3.63, 3.8) is 0 Å². The zero-order valence-electron chi connectivity index (χ0n) is 12.0. The molecule has 0 aliphatic rings. The summed E-state index contributed by atoms with van der Waals surface area (Å²) in [7, 11) is -3.64. The van der Waals surface area contributed by atoms with Crippen molar-refractivity contribution in [3.8, 4) is 11.5 Å². The lowest BCUT2D eigenvalue weighted by molar-refractivity contribution is 0.494. The Kier molecular flexibility index (Phi) is 4.49. The monoisotopic (exact) mass is 369 g/mol. The minimum Gasteiger partial charge on any atom is -0.419 e. The van der Waals surface area contributed by atoms with Crippen LogP contribution in [0.1, 0.15) is 11.5 Å². The van der Waals surface area contributed by atoms with E-state index < -0.39 is 10.0 Å². The molecule has 0 radical (unpaired) electrons. The molecule has 1 N–H and O–H groups in total. The molecular formula is C14H12ClN3O3S2. The standard InChI is InChI=1S/C14H12ClN3O3S2/c1-9-3-2-4-10(7-9)14-18-17-12(21-14)8-16-23(19,20)13-6-5-11(15)22-13/h2-7,16H,8H2,1H3. The summed E-state index contributed by atoms with van der Waals surface area (Å²) in [6.07, 6.45) is 0. The molecule has 0 aliphatic carbocycles. The molecule has 0 atom stereocenters. The van der Waals surface area contributed by atoms with Crippen LogP contribution in [0.4, 0.5) is 0 Å². The molecule has 3 rings (SSSR count). The molecule has 0 spiro atoms. The third-order valence-electron chi connectivity index (χ3n) is 2.96. The van der Waals surface area contributed by atoms with Gasteiger partial charge in [-0.3, -0.25) is 0 Å². The Hall–Kier alpha value is -1.74. The van der Waals surface area contributed by atoms with Crippen molar-refractivity contribution in [2.75, 3.05) is 0 Å². The van der Waals surface area contributed by atoms with Crippen LogP contribution in [-0.4, -0.2) is 18.6 Å². The fourth-order valence-corrected chi connectivity index (χ4v) is 4.39. The summed E-state index contributed by atoms with van der Waals surface area (Å²) < 4.78 is 32.6. The molecule has 3 aromatic rings. The first-order valence-electron chi connectivity index (χ1n) is 6.58. The molecule has 6 nitrogen and oxygen atoms in total. The number of nitrogens with one attached hydrogen (secondary N) is 1. The number of halogens is 1. The molecule has 2 heterocycles. The third-order valence-corrected chi connectivity index (χ3v) is 6.08. The zero-order chi connectivity index (χ0) is 16.4. The largest absolute Gasteiger partial charge is 0.419 e. The minimum absolute atomic E-state index is 0.0866. The van der Waals surface area contributed by atoms with Gasteiger partial charge in [0.25, 0.3) is 10.0 Å². The number of aryl methyl sites for hydroxylation is 1. The SMILES string of the molecule is Cc1cccc(-c2nnc(CNS(=O)(=O)c3ccc(Cl)s3)o2)c1. The predicted octanol–water partition coefficient (Wildman–Crippen LogP) is 3.24. The Balaban J connectivity index is 1.72. The normalized spacial score (nSPS) is 11.7. The Bertz CT molecular complexity index is 934. The predicted molar refractivity (Wildman–Crippen MR) is 87.8 cm³/mol. The average molecular weight is 370 g/mol. The second-order valence-corrected chi connectivity index (χ2v) is 8.46. The van der Waals surface area contributed by atoms with Crippen molar-refractivity contribution in [1.82, 2.24) is 14.9 Å². The van der Waals surface area contributed by atoms with Crippen molar-refractivity contribution in [2.45, 2.75) is 17.7 Å². The van der Waals surface area contributed by atoms with E-state index in [4.69, 9.17) is 16.0 Å². The molecule has 0 amide bonds. The maximum absolute atomic E-state index is 12.1. The van der Waals surface area contributed by atoms with E-state index in [0.717, 1.165) is 22.5 Å². The summed E-state index contributed by atoms with van der Waals surface area (Å²) in [5.41, 5.74) is 1.86. The number of aromatic nitrogens is 2. The number of benzene rings is 1. The van der Waals surface area contributed by atoms with E-state index in [1.54, 1.807) is 0 Å². The van der Waals surface area contributed by atoms with Crippen LogP contribution >= 0.6 is 22.9 Å². The second-order valence-electron chi connectivity index (χ2n) is 4.75. The highest BCUT2D eigenvalue weighted by molar-refractivity contribution is 7.91. The maximum atomic E-state index is 12.1. The number of sulfonamides is 1. The number of rotatable bonds is 5. The van der Waals surface area contributed by atoms with Crippen LogP contribution in [0.25, 0.3) is 11.5 Å². The van der Waals surface area contributed by atoms with Crippen molar-refractivity contribution in [3.05, 3.63) is 52.2 Å². The summed E-state index contributed by atoms with van der Waals surface area (Å²) >= 11 is 6.73. The molecule has 0 unspecified atom stereocenters. The summed E-state index contributed by atoms with van der Waals surface area (Å²) in [5, 5.41) is 7.79. The average Bonchev–Trinajstić information content (AvgIpc) is 3.14. The summed E-state index contributed by atoms with van der Waals surface area (Å²) in [6.45, 7) is 1.87. The summed E-state index contributed by atoms with van der Waals surface area (Å²) in [6, 6.07) is 10.6. The molecule has 1 aromatic carbocycles. The third kappa shape index (κ3) is 3.78. The van der Waals surface area contributed by atoms with E-state index in [1.165, 1.54) is 12.1 Å². The van der Waals surface area contributed by atoms with Crippen LogP contribution in [0.15, 0.2) is 45.0 Å². The van der Waals surface area contributed by atoms with Gasteiger partial charge < -0.3 is 4.42 Å². The van der Waals surface area contributed by atoms with Gasteiger partial charge in [0.05, 0.1) is 10.9 Å². The van der Waals surface area contributed by atoms with Crippen LogP contribution in [-0.2, 0) is 16.6 Å². The van der Waals surface area contributed by atoms with Crippen LogP contribution < -0.4 is 4.72 Å². The van der Waals surface area contributed by atoms with Gasteiger partial charge in [0.1, 0.15) is 4.21 Å². The number of nitrogens with zero attached hydrogens (tertiary/aromatic N) is 2. The smallest absolute Gasteiger partial charge is 0.250 e. The van der Waals surface area contributed by atoms with Gasteiger partial charge in [-0.25, -0.2) is 13.1 Å². The Labute approximate surface area is 142 Å². The van der Waals surface area contributed by atoms with E-state index in [1.807, 2.05) is 31.2 Å². The second kappa shape index (κ2) is 6.40.